The largest absolute Gasteiger partial charge is 0.275 e. The predicted molar refractivity (Wildman–Crippen MR) is 73.6 cm³/mol. The van der Waals surface area contributed by atoms with E-state index >= 15 is 0 Å². The Kier molecular flexibility index (Phi) is 4.12. The number of nitrogens with one attached hydrogen (secondary N) is 1. The number of nitrogens with zero attached hydrogens (tertiary/aromatic N) is 1. The Morgan fingerprint density at radius 2 is 1.95 bits per heavy atom. The Balaban J connectivity index is 2.18. The zero-order valence-electron chi connectivity index (χ0n) is 10.1. The van der Waals surface area contributed by atoms with Gasteiger partial charge in [0.05, 0.1) is 11.4 Å². The quantitative estimate of drug-likeness (QED) is 0.652. The number of halogens is 3. The zero-order chi connectivity index (χ0) is 13.8. The molecule has 0 aliphatic carbocycles. The Morgan fingerprint density at radius 1 is 1.16 bits per heavy atom. The van der Waals surface area contributed by atoms with E-state index < -0.39 is 11.6 Å². The van der Waals surface area contributed by atoms with Crippen LogP contribution in [0.1, 0.15) is 12.5 Å². The average molecular weight is 281 g/mol. The van der Waals surface area contributed by atoms with E-state index in [4.69, 9.17) is 11.6 Å². The number of anilines is 1. The number of hydrogen-bond acceptors (Lipinski definition) is 2. The van der Waals surface area contributed by atoms with Crippen molar-refractivity contribution in [2.75, 3.05) is 5.43 Å². The minimum absolute atomic E-state index is 0.114. The second-order valence-electron chi connectivity index (χ2n) is 3.94. The lowest BCUT2D eigenvalue weighted by atomic mass is 10.1. The van der Waals surface area contributed by atoms with Gasteiger partial charge in [-0.25, -0.2) is 8.78 Å². The van der Waals surface area contributed by atoms with Gasteiger partial charge in [-0.15, -0.1) is 0 Å². The molecule has 5 heteroatoms. The molecule has 1 N–H and O–H groups in total. The molecule has 0 spiro atoms. The molecule has 2 rings (SSSR count). The highest BCUT2D eigenvalue weighted by Crippen LogP contribution is 2.16. The summed E-state index contributed by atoms with van der Waals surface area (Å²) in [5.41, 5.74) is 4.14. The van der Waals surface area contributed by atoms with E-state index in [2.05, 4.69) is 10.5 Å². The smallest absolute Gasteiger partial charge is 0.151 e. The summed E-state index contributed by atoms with van der Waals surface area (Å²) in [7, 11) is 0. The maximum absolute atomic E-state index is 13.4. The third-order valence-electron chi connectivity index (χ3n) is 2.52. The van der Waals surface area contributed by atoms with Crippen molar-refractivity contribution < 1.29 is 8.78 Å². The fourth-order valence-corrected chi connectivity index (χ4v) is 1.69. The van der Waals surface area contributed by atoms with Crippen molar-refractivity contribution in [2.24, 2.45) is 5.10 Å². The van der Waals surface area contributed by atoms with Gasteiger partial charge in [-0.2, -0.15) is 5.10 Å². The molecule has 0 aliphatic heterocycles. The Hall–Kier alpha value is -1.94. The van der Waals surface area contributed by atoms with Gasteiger partial charge in [0.1, 0.15) is 5.82 Å². The van der Waals surface area contributed by atoms with Crippen LogP contribution in [0.25, 0.3) is 0 Å². The van der Waals surface area contributed by atoms with Gasteiger partial charge in [0.2, 0.25) is 0 Å². The first-order valence-electron chi connectivity index (χ1n) is 5.57. The summed E-state index contributed by atoms with van der Waals surface area (Å²) < 4.78 is 26.1. The van der Waals surface area contributed by atoms with Gasteiger partial charge in [-0.05, 0) is 36.8 Å². The van der Waals surface area contributed by atoms with Crippen LogP contribution >= 0.6 is 11.6 Å². The molecule has 98 valence electrons. The molecule has 0 amide bonds. The van der Waals surface area contributed by atoms with Gasteiger partial charge in [0.15, 0.2) is 5.82 Å². The molecule has 0 aliphatic rings. The van der Waals surface area contributed by atoms with Crippen LogP contribution in [0.15, 0.2) is 47.6 Å². The summed E-state index contributed by atoms with van der Waals surface area (Å²) in [6.07, 6.45) is 0. The SMILES string of the molecule is C/C(=N\Nc1ccc(F)cc1F)c1cccc(Cl)c1. The second kappa shape index (κ2) is 5.80. The second-order valence-corrected chi connectivity index (χ2v) is 4.38. The van der Waals surface area contributed by atoms with Crippen molar-refractivity contribution in [3.63, 3.8) is 0 Å². The third-order valence-corrected chi connectivity index (χ3v) is 2.75. The first kappa shape index (κ1) is 13.5. The van der Waals surface area contributed by atoms with Crippen LogP contribution in [-0.4, -0.2) is 5.71 Å². The van der Waals surface area contributed by atoms with Crippen molar-refractivity contribution in [3.8, 4) is 0 Å². The van der Waals surface area contributed by atoms with Crippen molar-refractivity contribution in [3.05, 3.63) is 64.7 Å². The fraction of sp³-hybridized carbons (Fsp3) is 0.0714. The molecule has 0 saturated heterocycles. The number of hydrazone groups is 1. The molecule has 0 atom stereocenters. The highest BCUT2D eigenvalue weighted by atomic mass is 35.5. The summed E-state index contributed by atoms with van der Waals surface area (Å²) in [5, 5.41) is 4.64. The minimum Gasteiger partial charge on any atom is -0.275 e. The highest BCUT2D eigenvalue weighted by Gasteiger charge is 2.03. The summed E-state index contributed by atoms with van der Waals surface area (Å²) >= 11 is 5.87. The van der Waals surface area contributed by atoms with Crippen molar-refractivity contribution in [1.29, 1.82) is 0 Å². The minimum atomic E-state index is -0.692. The van der Waals surface area contributed by atoms with Crippen LogP contribution in [0.4, 0.5) is 14.5 Å². The summed E-state index contributed by atoms with van der Waals surface area (Å²) in [5.74, 6) is -1.32. The van der Waals surface area contributed by atoms with Gasteiger partial charge in [0.25, 0.3) is 0 Å². The first-order valence-corrected chi connectivity index (χ1v) is 5.95. The fourth-order valence-electron chi connectivity index (χ4n) is 1.50. The predicted octanol–water partition coefficient (Wildman–Crippen LogP) is 4.45. The van der Waals surface area contributed by atoms with Gasteiger partial charge in [-0.3, -0.25) is 5.43 Å². The summed E-state index contributed by atoms with van der Waals surface area (Å²) in [4.78, 5) is 0. The van der Waals surface area contributed by atoms with E-state index in [1.54, 1.807) is 25.1 Å². The molecule has 0 bridgehead atoms. The lowest BCUT2D eigenvalue weighted by molar-refractivity contribution is 0.585. The van der Waals surface area contributed by atoms with Gasteiger partial charge in [-0.1, -0.05) is 23.7 Å². The summed E-state index contributed by atoms with van der Waals surface area (Å²) in [6.45, 7) is 1.76. The van der Waals surface area contributed by atoms with Crippen LogP contribution in [0.5, 0.6) is 0 Å². The molecule has 0 unspecified atom stereocenters. The van der Waals surface area contributed by atoms with Gasteiger partial charge in [0, 0.05) is 11.1 Å². The first-order chi connectivity index (χ1) is 9.06. The third kappa shape index (κ3) is 3.51. The molecule has 0 aromatic heterocycles. The molecular weight excluding hydrogens is 270 g/mol. The summed E-state index contributed by atoms with van der Waals surface area (Å²) in [6, 6.07) is 10.4. The molecular formula is C14H11ClF2N2. The highest BCUT2D eigenvalue weighted by molar-refractivity contribution is 6.31. The Labute approximate surface area is 114 Å². The van der Waals surface area contributed by atoms with Crippen LogP contribution in [0.2, 0.25) is 5.02 Å². The van der Waals surface area contributed by atoms with Crippen LogP contribution in [0.3, 0.4) is 0 Å². The number of hydrogen-bond donors (Lipinski definition) is 1. The average Bonchev–Trinajstić information content (AvgIpc) is 2.37. The normalized spacial score (nSPS) is 11.5. The van der Waals surface area contributed by atoms with E-state index in [0.29, 0.717) is 10.7 Å². The molecule has 0 saturated carbocycles. The van der Waals surface area contributed by atoms with Crippen LogP contribution in [0, 0.1) is 11.6 Å². The molecule has 0 heterocycles. The Morgan fingerprint density at radius 3 is 2.63 bits per heavy atom. The number of benzene rings is 2. The van der Waals surface area contributed by atoms with E-state index in [9.17, 15) is 8.78 Å². The lowest BCUT2D eigenvalue weighted by Gasteiger charge is -2.05. The lowest BCUT2D eigenvalue weighted by Crippen LogP contribution is -2.01. The van der Waals surface area contributed by atoms with Crippen molar-refractivity contribution in [2.45, 2.75) is 6.92 Å². The molecule has 2 aromatic carbocycles. The Bertz CT molecular complexity index is 627. The number of rotatable bonds is 3. The van der Waals surface area contributed by atoms with Crippen molar-refractivity contribution in [1.82, 2.24) is 0 Å². The monoisotopic (exact) mass is 280 g/mol. The molecule has 2 aromatic rings. The standard InChI is InChI=1S/C14H11ClF2N2/c1-9(10-3-2-4-11(15)7-10)18-19-14-6-5-12(16)8-13(14)17/h2-8,19H,1H3/b18-9+. The van der Waals surface area contributed by atoms with E-state index in [0.717, 1.165) is 17.7 Å². The topological polar surface area (TPSA) is 24.4 Å². The van der Waals surface area contributed by atoms with E-state index in [-0.39, 0.29) is 5.69 Å². The zero-order valence-corrected chi connectivity index (χ0v) is 10.9. The van der Waals surface area contributed by atoms with Crippen LogP contribution in [-0.2, 0) is 0 Å². The molecule has 19 heavy (non-hydrogen) atoms. The molecule has 2 nitrogen and oxygen atoms in total. The maximum Gasteiger partial charge on any atom is 0.151 e. The van der Waals surface area contributed by atoms with E-state index in [1.807, 2.05) is 6.07 Å². The maximum atomic E-state index is 13.4. The van der Waals surface area contributed by atoms with Crippen LogP contribution < -0.4 is 5.43 Å². The van der Waals surface area contributed by atoms with Crippen molar-refractivity contribution >= 4 is 23.0 Å². The van der Waals surface area contributed by atoms with Gasteiger partial charge >= 0.3 is 0 Å². The van der Waals surface area contributed by atoms with E-state index in [1.165, 1.54) is 6.07 Å². The molecule has 0 radical (unpaired) electrons. The van der Waals surface area contributed by atoms with Gasteiger partial charge < -0.3 is 0 Å². The molecule has 0 fully saturated rings.